The highest BCUT2D eigenvalue weighted by molar-refractivity contribution is 5.79. The number of carbonyl (C=O) groups is 4. The maximum Gasteiger partial charge on any atom is 0.514 e. The van der Waals surface area contributed by atoms with Gasteiger partial charge in [-0.05, 0) is 64.7 Å². The second kappa shape index (κ2) is 15.0. The van der Waals surface area contributed by atoms with Crippen LogP contribution in [0.25, 0.3) is 0 Å². The quantitative estimate of drug-likeness (QED) is 0.198. The van der Waals surface area contributed by atoms with E-state index < -0.39 is 48.3 Å². The van der Waals surface area contributed by atoms with Crippen molar-refractivity contribution in [3.05, 3.63) is 23.8 Å². The molecule has 0 aliphatic carbocycles. The molecule has 3 N–H and O–H groups in total. The zero-order chi connectivity index (χ0) is 29.0. The molecule has 2 atom stereocenters. The van der Waals surface area contributed by atoms with E-state index in [0.29, 0.717) is 17.9 Å². The molecule has 0 amide bonds. The monoisotopic (exact) mass is 541 g/mol. The maximum absolute atomic E-state index is 12.1. The van der Waals surface area contributed by atoms with Crippen LogP contribution >= 0.6 is 0 Å². The Bertz CT molecular complexity index is 961. The Morgan fingerprint density at radius 1 is 0.842 bits per heavy atom. The van der Waals surface area contributed by atoms with E-state index in [-0.39, 0.29) is 30.9 Å². The van der Waals surface area contributed by atoms with E-state index >= 15 is 0 Å². The summed E-state index contributed by atoms with van der Waals surface area (Å²) < 4.78 is 30.4. The summed E-state index contributed by atoms with van der Waals surface area (Å²) in [5.41, 5.74) is 4.67. The molecule has 0 aromatic heterocycles. The second-order valence-electron chi connectivity index (χ2n) is 9.87. The van der Waals surface area contributed by atoms with Crippen LogP contribution in [-0.2, 0) is 30.2 Å². The number of ether oxygens (including phenoxy) is 6. The highest BCUT2D eigenvalue weighted by atomic mass is 16.8. The molecule has 38 heavy (non-hydrogen) atoms. The molecular formula is C26H39NO11. The molecule has 12 nitrogen and oxygen atoms in total. The molecule has 0 heterocycles. The Morgan fingerprint density at radius 2 is 1.39 bits per heavy atom. The highest BCUT2D eigenvalue weighted by Crippen LogP contribution is 2.31. The average molecular weight is 542 g/mol. The molecule has 0 bridgehead atoms. The average Bonchev–Trinajstić information content (AvgIpc) is 2.73. The lowest BCUT2D eigenvalue weighted by Gasteiger charge is -2.28. The summed E-state index contributed by atoms with van der Waals surface area (Å²) in [6.07, 6.45) is -4.66. The number of carboxylic acid groups (broad SMARTS) is 1. The Balaban J connectivity index is 3.09. The molecule has 0 radical (unpaired) electrons. The first-order valence-corrected chi connectivity index (χ1v) is 12.4. The fourth-order valence-electron chi connectivity index (χ4n) is 3.17. The Kier molecular flexibility index (Phi) is 12.8. The van der Waals surface area contributed by atoms with E-state index in [1.807, 2.05) is 13.8 Å². The van der Waals surface area contributed by atoms with E-state index in [0.717, 1.165) is 0 Å². The number of aliphatic carboxylic acids is 1. The van der Waals surface area contributed by atoms with Crippen LogP contribution in [0.2, 0.25) is 0 Å². The topological polar surface area (TPSA) is 170 Å². The molecule has 1 rings (SSSR count). The zero-order valence-corrected chi connectivity index (χ0v) is 23.0. The van der Waals surface area contributed by atoms with E-state index in [4.69, 9.17) is 34.2 Å². The van der Waals surface area contributed by atoms with Crippen LogP contribution in [-0.4, -0.2) is 60.0 Å². The van der Waals surface area contributed by atoms with Gasteiger partial charge in [-0.15, -0.1) is 0 Å². The van der Waals surface area contributed by atoms with E-state index in [9.17, 15) is 24.3 Å². The first-order chi connectivity index (χ1) is 17.6. The van der Waals surface area contributed by atoms with E-state index in [1.54, 1.807) is 27.7 Å². The molecule has 1 aromatic rings. The van der Waals surface area contributed by atoms with Gasteiger partial charge in [0.25, 0.3) is 0 Å². The number of rotatable bonds is 13. The first-order valence-electron chi connectivity index (χ1n) is 12.4. The van der Waals surface area contributed by atoms with Gasteiger partial charge in [-0.2, -0.15) is 0 Å². The summed E-state index contributed by atoms with van der Waals surface area (Å²) in [5, 5.41) is 9.86. The van der Waals surface area contributed by atoms with Crippen molar-refractivity contribution < 1.29 is 52.7 Å². The fraction of sp³-hybridized carbons (Fsp3) is 0.615. The summed E-state index contributed by atoms with van der Waals surface area (Å²) in [6, 6.07) is 4.06. The number of hydrogen-bond donors (Lipinski definition) is 2. The van der Waals surface area contributed by atoms with Crippen molar-refractivity contribution in [2.24, 2.45) is 11.7 Å². The SMILES string of the molecule is CC(C)CCOC(=O)O[C@@H](C)CC(N)(Cc1ccc(OC(=O)OC(C)C)c(OC(=O)OC(C)C)c1)C(=O)O. The Hall–Kier alpha value is -3.54. The Labute approximate surface area is 222 Å². The number of benzene rings is 1. The number of hydrogen-bond acceptors (Lipinski definition) is 11. The summed E-state index contributed by atoms with van der Waals surface area (Å²) in [5.74, 6) is -1.37. The molecular weight excluding hydrogens is 502 g/mol. The molecule has 0 aliphatic heterocycles. The highest BCUT2D eigenvalue weighted by Gasteiger charge is 2.37. The molecule has 12 heteroatoms. The van der Waals surface area contributed by atoms with Crippen molar-refractivity contribution in [1.29, 1.82) is 0 Å². The lowest BCUT2D eigenvalue weighted by Crippen LogP contribution is -2.52. The number of carbonyl (C=O) groups excluding carboxylic acids is 3. The van der Waals surface area contributed by atoms with Gasteiger partial charge >= 0.3 is 24.4 Å². The van der Waals surface area contributed by atoms with Crippen LogP contribution in [0.15, 0.2) is 18.2 Å². The van der Waals surface area contributed by atoms with Gasteiger partial charge in [0, 0.05) is 12.8 Å². The van der Waals surface area contributed by atoms with Gasteiger partial charge in [0.2, 0.25) is 0 Å². The third kappa shape index (κ3) is 12.1. The van der Waals surface area contributed by atoms with Crippen molar-refractivity contribution in [2.45, 2.75) is 91.6 Å². The van der Waals surface area contributed by atoms with Gasteiger partial charge in [-0.1, -0.05) is 19.9 Å². The first kappa shape index (κ1) is 32.5. The third-order valence-electron chi connectivity index (χ3n) is 4.87. The van der Waals surface area contributed by atoms with Gasteiger partial charge in [-0.3, -0.25) is 4.79 Å². The van der Waals surface area contributed by atoms with Crippen LogP contribution in [0.4, 0.5) is 14.4 Å². The van der Waals surface area contributed by atoms with Crippen molar-refractivity contribution in [3.63, 3.8) is 0 Å². The molecule has 0 saturated heterocycles. The van der Waals surface area contributed by atoms with E-state index in [2.05, 4.69) is 0 Å². The van der Waals surface area contributed by atoms with Gasteiger partial charge in [0.1, 0.15) is 11.6 Å². The predicted molar refractivity (Wildman–Crippen MR) is 135 cm³/mol. The largest absolute Gasteiger partial charge is 0.514 e. The molecule has 1 unspecified atom stereocenters. The summed E-state index contributed by atoms with van der Waals surface area (Å²) >= 11 is 0. The second-order valence-corrected chi connectivity index (χ2v) is 9.87. The third-order valence-corrected chi connectivity index (χ3v) is 4.87. The van der Waals surface area contributed by atoms with Gasteiger partial charge in [0.15, 0.2) is 11.5 Å². The Morgan fingerprint density at radius 3 is 1.89 bits per heavy atom. The molecule has 0 aliphatic rings. The van der Waals surface area contributed by atoms with Crippen molar-refractivity contribution in [2.75, 3.05) is 6.61 Å². The normalized spacial score (nSPS) is 13.4. The van der Waals surface area contributed by atoms with Crippen molar-refractivity contribution in [1.82, 2.24) is 0 Å². The zero-order valence-electron chi connectivity index (χ0n) is 23.0. The molecule has 0 saturated carbocycles. The van der Waals surface area contributed by atoms with Crippen LogP contribution in [0.1, 0.15) is 66.9 Å². The summed E-state index contributed by atoms with van der Waals surface area (Å²) in [7, 11) is 0. The minimum atomic E-state index is -1.87. The van der Waals surface area contributed by atoms with Gasteiger partial charge < -0.3 is 39.3 Å². The standard InChI is InChI=1S/C26H39NO11/c1-15(2)10-11-33-23(30)36-18(7)13-26(27,22(28)29)14-19-8-9-20(37-24(31)34-16(3)4)21(12-19)38-25(32)35-17(5)6/h8-9,12,15-18H,10-11,13-14,27H2,1-7H3,(H,28,29)/t18-,26?/m0/s1. The minimum absolute atomic E-state index is 0.154. The summed E-state index contributed by atoms with van der Waals surface area (Å²) in [6.45, 7) is 12.1. The van der Waals surface area contributed by atoms with Crippen LogP contribution in [0.5, 0.6) is 11.5 Å². The van der Waals surface area contributed by atoms with Crippen LogP contribution < -0.4 is 15.2 Å². The fourth-order valence-corrected chi connectivity index (χ4v) is 3.17. The number of nitrogens with two attached hydrogens (primary N) is 1. The molecule has 0 fully saturated rings. The van der Waals surface area contributed by atoms with Gasteiger partial charge in [-0.25, -0.2) is 14.4 Å². The molecule has 1 aromatic carbocycles. The van der Waals surface area contributed by atoms with E-state index in [1.165, 1.54) is 25.1 Å². The van der Waals surface area contributed by atoms with Crippen molar-refractivity contribution in [3.8, 4) is 11.5 Å². The van der Waals surface area contributed by atoms with Crippen LogP contribution in [0.3, 0.4) is 0 Å². The molecule has 0 spiro atoms. The smallest absolute Gasteiger partial charge is 0.480 e. The number of carboxylic acids is 1. The lowest BCUT2D eigenvalue weighted by molar-refractivity contribution is -0.144. The van der Waals surface area contributed by atoms with Crippen LogP contribution in [0, 0.1) is 5.92 Å². The summed E-state index contributed by atoms with van der Waals surface area (Å²) in [4.78, 5) is 48.1. The molecule has 214 valence electrons. The van der Waals surface area contributed by atoms with Gasteiger partial charge in [0.05, 0.1) is 18.8 Å². The lowest BCUT2D eigenvalue weighted by atomic mass is 9.86. The predicted octanol–water partition coefficient (Wildman–Crippen LogP) is 4.84. The minimum Gasteiger partial charge on any atom is -0.480 e. The maximum atomic E-state index is 12.1. The van der Waals surface area contributed by atoms with Crippen molar-refractivity contribution >= 4 is 24.4 Å².